The molecule has 0 fully saturated rings. The normalized spacial score (nSPS) is 10.6. The minimum absolute atomic E-state index is 0.0468. The fraction of sp³-hybridized carbons (Fsp3) is 0.158. The molecule has 2 rings (SSSR count). The Kier molecular flexibility index (Phi) is 6.61. The highest BCUT2D eigenvalue weighted by atomic mass is 16.6. The fourth-order valence-electron chi connectivity index (χ4n) is 2.33. The van der Waals surface area contributed by atoms with Crippen molar-refractivity contribution in [2.24, 2.45) is 5.73 Å². The van der Waals surface area contributed by atoms with E-state index in [1.54, 1.807) is 12.1 Å². The SMILES string of the molecule is NC(=O)CCN(Cc1ccccc1)C(=O)/C=C/c1cccc([N+](=O)[O-])c1. The monoisotopic (exact) mass is 353 g/mol. The third-order valence-electron chi connectivity index (χ3n) is 3.66. The molecule has 134 valence electrons. The lowest BCUT2D eigenvalue weighted by molar-refractivity contribution is -0.384. The molecule has 0 bridgehead atoms. The molecule has 7 nitrogen and oxygen atoms in total. The van der Waals surface area contributed by atoms with E-state index in [2.05, 4.69) is 0 Å². The second kappa shape index (κ2) is 9.12. The standard InChI is InChI=1S/C19H19N3O4/c20-18(23)11-12-21(14-16-5-2-1-3-6-16)19(24)10-9-15-7-4-8-17(13-15)22(25)26/h1-10,13H,11-12,14H2,(H2,20,23)/b10-9+. The zero-order valence-electron chi connectivity index (χ0n) is 14.1. The second-order valence-corrected chi connectivity index (χ2v) is 5.65. The zero-order valence-corrected chi connectivity index (χ0v) is 14.1. The van der Waals surface area contributed by atoms with E-state index in [1.807, 2.05) is 30.3 Å². The summed E-state index contributed by atoms with van der Waals surface area (Å²) >= 11 is 0. The predicted molar refractivity (Wildman–Crippen MR) is 97.8 cm³/mol. The first-order valence-electron chi connectivity index (χ1n) is 7.99. The van der Waals surface area contributed by atoms with Gasteiger partial charge in [-0.25, -0.2) is 0 Å². The second-order valence-electron chi connectivity index (χ2n) is 5.65. The molecule has 2 N–H and O–H groups in total. The molecule has 0 unspecified atom stereocenters. The van der Waals surface area contributed by atoms with Crippen molar-refractivity contribution in [2.75, 3.05) is 6.54 Å². The van der Waals surface area contributed by atoms with Crippen LogP contribution >= 0.6 is 0 Å². The number of benzene rings is 2. The van der Waals surface area contributed by atoms with Crippen molar-refractivity contribution in [3.63, 3.8) is 0 Å². The van der Waals surface area contributed by atoms with E-state index in [0.29, 0.717) is 12.1 Å². The molecule has 0 spiro atoms. The summed E-state index contributed by atoms with van der Waals surface area (Å²) in [5.41, 5.74) is 6.61. The van der Waals surface area contributed by atoms with Gasteiger partial charge in [0.15, 0.2) is 0 Å². The van der Waals surface area contributed by atoms with Gasteiger partial charge in [0.25, 0.3) is 5.69 Å². The Labute approximate surface area is 150 Å². The Morgan fingerprint density at radius 3 is 2.50 bits per heavy atom. The van der Waals surface area contributed by atoms with Crippen LogP contribution in [0.4, 0.5) is 5.69 Å². The van der Waals surface area contributed by atoms with Crippen molar-refractivity contribution in [3.8, 4) is 0 Å². The number of nitrogens with zero attached hydrogens (tertiary/aromatic N) is 2. The summed E-state index contributed by atoms with van der Waals surface area (Å²) in [5.74, 6) is -0.792. The molecule has 0 aliphatic carbocycles. The van der Waals surface area contributed by atoms with Crippen LogP contribution in [-0.4, -0.2) is 28.2 Å². The van der Waals surface area contributed by atoms with Gasteiger partial charge in [-0.3, -0.25) is 19.7 Å². The van der Waals surface area contributed by atoms with Crippen LogP contribution in [0.3, 0.4) is 0 Å². The summed E-state index contributed by atoms with van der Waals surface area (Å²) in [7, 11) is 0. The average Bonchev–Trinajstić information content (AvgIpc) is 2.64. The number of primary amides is 1. The molecule has 2 amide bonds. The molecule has 0 heterocycles. The van der Waals surface area contributed by atoms with Crippen LogP contribution in [-0.2, 0) is 16.1 Å². The van der Waals surface area contributed by atoms with Gasteiger partial charge in [0.2, 0.25) is 11.8 Å². The van der Waals surface area contributed by atoms with Crippen LogP contribution in [0.25, 0.3) is 6.08 Å². The Hall–Kier alpha value is -3.48. The van der Waals surface area contributed by atoms with E-state index in [4.69, 9.17) is 5.73 Å². The van der Waals surface area contributed by atoms with Gasteiger partial charge in [0, 0.05) is 37.7 Å². The van der Waals surface area contributed by atoms with Crippen molar-refractivity contribution >= 4 is 23.6 Å². The van der Waals surface area contributed by atoms with E-state index in [1.165, 1.54) is 29.2 Å². The summed E-state index contributed by atoms with van der Waals surface area (Å²) in [6, 6.07) is 15.4. The third kappa shape index (κ3) is 5.86. The van der Waals surface area contributed by atoms with Crippen LogP contribution in [0.1, 0.15) is 17.5 Å². The molecular weight excluding hydrogens is 334 g/mol. The minimum Gasteiger partial charge on any atom is -0.370 e. The number of carbonyl (C=O) groups is 2. The lowest BCUT2D eigenvalue weighted by atomic mass is 10.1. The van der Waals surface area contributed by atoms with E-state index < -0.39 is 10.8 Å². The van der Waals surface area contributed by atoms with Gasteiger partial charge >= 0.3 is 0 Å². The maximum absolute atomic E-state index is 12.5. The van der Waals surface area contributed by atoms with E-state index in [0.717, 1.165) is 5.56 Å². The highest BCUT2D eigenvalue weighted by molar-refractivity contribution is 5.92. The number of rotatable bonds is 8. The highest BCUT2D eigenvalue weighted by Crippen LogP contribution is 2.14. The first-order valence-corrected chi connectivity index (χ1v) is 7.99. The predicted octanol–water partition coefficient (Wildman–Crippen LogP) is 2.51. The Bertz CT molecular complexity index is 819. The lowest BCUT2D eigenvalue weighted by Gasteiger charge is -2.20. The number of carbonyl (C=O) groups excluding carboxylic acids is 2. The average molecular weight is 353 g/mol. The van der Waals surface area contributed by atoms with Crippen molar-refractivity contribution in [3.05, 3.63) is 81.9 Å². The number of nitrogens with two attached hydrogens (primary N) is 1. The Balaban J connectivity index is 2.13. The van der Waals surface area contributed by atoms with Gasteiger partial charge < -0.3 is 10.6 Å². The number of hydrogen-bond acceptors (Lipinski definition) is 4. The number of nitro benzene ring substituents is 1. The zero-order chi connectivity index (χ0) is 18.9. The molecule has 7 heteroatoms. The van der Waals surface area contributed by atoms with Crippen LogP contribution in [0.5, 0.6) is 0 Å². The minimum atomic E-state index is -0.492. The number of hydrogen-bond donors (Lipinski definition) is 1. The topological polar surface area (TPSA) is 107 Å². The van der Waals surface area contributed by atoms with Crippen molar-refractivity contribution < 1.29 is 14.5 Å². The summed E-state index contributed by atoms with van der Waals surface area (Å²) in [4.78, 5) is 35.4. The van der Waals surface area contributed by atoms with Gasteiger partial charge in [-0.05, 0) is 17.2 Å². The Morgan fingerprint density at radius 1 is 1.12 bits per heavy atom. The molecule has 26 heavy (non-hydrogen) atoms. The summed E-state index contributed by atoms with van der Waals surface area (Å²) in [6.07, 6.45) is 2.91. The van der Waals surface area contributed by atoms with Gasteiger partial charge in [-0.1, -0.05) is 42.5 Å². The van der Waals surface area contributed by atoms with Crippen LogP contribution in [0.2, 0.25) is 0 Å². The number of nitro groups is 1. The third-order valence-corrected chi connectivity index (χ3v) is 3.66. The summed E-state index contributed by atoms with van der Waals surface area (Å²) in [5, 5.41) is 10.8. The smallest absolute Gasteiger partial charge is 0.270 e. The van der Waals surface area contributed by atoms with Crippen LogP contribution in [0, 0.1) is 10.1 Å². The maximum atomic E-state index is 12.5. The maximum Gasteiger partial charge on any atom is 0.270 e. The van der Waals surface area contributed by atoms with Crippen molar-refractivity contribution in [1.82, 2.24) is 4.90 Å². The van der Waals surface area contributed by atoms with Crippen molar-refractivity contribution in [1.29, 1.82) is 0 Å². The molecule has 0 saturated heterocycles. The van der Waals surface area contributed by atoms with Crippen molar-refractivity contribution in [2.45, 2.75) is 13.0 Å². The first kappa shape index (κ1) is 18.9. The molecular formula is C19H19N3O4. The molecule has 0 radical (unpaired) electrons. The van der Waals surface area contributed by atoms with E-state index in [-0.39, 0.29) is 24.6 Å². The molecule has 0 aliphatic rings. The van der Waals surface area contributed by atoms with Gasteiger partial charge in [0.1, 0.15) is 0 Å². The van der Waals surface area contributed by atoms with E-state index >= 15 is 0 Å². The van der Waals surface area contributed by atoms with Gasteiger partial charge in [-0.15, -0.1) is 0 Å². The summed E-state index contributed by atoms with van der Waals surface area (Å²) < 4.78 is 0. The molecule has 2 aromatic carbocycles. The van der Waals surface area contributed by atoms with Crippen LogP contribution < -0.4 is 5.73 Å². The number of amides is 2. The largest absolute Gasteiger partial charge is 0.370 e. The lowest BCUT2D eigenvalue weighted by Crippen LogP contribution is -2.32. The summed E-state index contributed by atoms with van der Waals surface area (Å²) in [6.45, 7) is 0.536. The number of non-ortho nitro benzene ring substituents is 1. The molecule has 0 atom stereocenters. The fourth-order valence-corrected chi connectivity index (χ4v) is 2.33. The molecule has 0 saturated carbocycles. The Morgan fingerprint density at radius 2 is 1.85 bits per heavy atom. The molecule has 0 aliphatic heterocycles. The van der Waals surface area contributed by atoms with E-state index in [9.17, 15) is 19.7 Å². The molecule has 0 aromatic heterocycles. The first-order chi connectivity index (χ1) is 12.5. The van der Waals surface area contributed by atoms with Crippen LogP contribution in [0.15, 0.2) is 60.7 Å². The quantitative estimate of drug-likeness (QED) is 0.447. The highest BCUT2D eigenvalue weighted by Gasteiger charge is 2.13. The van der Waals surface area contributed by atoms with Gasteiger partial charge in [-0.2, -0.15) is 0 Å². The van der Waals surface area contributed by atoms with Gasteiger partial charge in [0.05, 0.1) is 4.92 Å². The molecule has 2 aromatic rings.